The summed E-state index contributed by atoms with van der Waals surface area (Å²) in [5, 5.41) is 4.21. The van der Waals surface area contributed by atoms with E-state index in [1.165, 1.54) is 12.8 Å². The number of hydrogen-bond acceptors (Lipinski definition) is 3. The van der Waals surface area contributed by atoms with Crippen LogP contribution in [0.15, 0.2) is 16.6 Å². The zero-order valence-corrected chi connectivity index (χ0v) is 16.5. The fourth-order valence-corrected chi connectivity index (χ4v) is 3.82. The van der Waals surface area contributed by atoms with Gasteiger partial charge in [-0.25, -0.2) is 0 Å². The van der Waals surface area contributed by atoms with Crippen molar-refractivity contribution < 1.29 is 13.9 Å². The molecule has 0 spiro atoms. The second kappa shape index (κ2) is 7.56. The Balaban J connectivity index is 2.00. The first-order chi connectivity index (χ1) is 12.4. The topological polar surface area (TPSA) is 51.5 Å². The molecule has 1 aromatic carbocycles. The number of carbonyl (C=O) groups excluding carboxylic acids is 1. The van der Waals surface area contributed by atoms with Gasteiger partial charge >= 0.3 is 0 Å². The minimum Gasteiger partial charge on any atom is -0.493 e. The van der Waals surface area contributed by atoms with Crippen molar-refractivity contribution in [3.63, 3.8) is 0 Å². The summed E-state index contributed by atoms with van der Waals surface area (Å²) in [6.45, 7) is 10.6. The lowest BCUT2D eigenvalue weighted by Gasteiger charge is -2.15. The van der Waals surface area contributed by atoms with Gasteiger partial charge in [0.25, 0.3) is 0 Å². The highest BCUT2D eigenvalue weighted by molar-refractivity contribution is 5.98. The summed E-state index contributed by atoms with van der Waals surface area (Å²) >= 11 is 0. The maximum absolute atomic E-state index is 12.4. The van der Waals surface area contributed by atoms with Gasteiger partial charge in [0.15, 0.2) is 0 Å². The van der Waals surface area contributed by atoms with Gasteiger partial charge in [0.1, 0.15) is 17.1 Å². The van der Waals surface area contributed by atoms with Crippen LogP contribution < -0.4 is 10.1 Å². The zero-order valence-electron chi connectivity index (χ0n) is 16.5. The highest BCUT2D eigenvalue weighted by atomic mass is 16.5. The van der Waals surface area contributed by atoms with Crippen LogP contribution in [0, 0.1) is 20.8 Å². The molecular formula is C22H29NO3. The Morgan fingerprint density at radius 3 is 2.62 bits per heavy atom. The van der Waals surface area contributed by atoms with Crippen LogP contribution >= 0.6 is 0 Å². The van der Waals surface area contributed by atoms with Crippen LogP contribution in [0.4, 0.5) is 0 Å². The van der Waals surface area contributed by atoms with Crippen molar-refractivity contribution in [3.05, 3.63) is 34.6 Å². The van der Waals surface area contributed by atoms with Crippen molar-refractivity contribution >= 4 is 22.4 Å². The van der Waals surface area contributed by atoms with E-state index in [0.29, 0.717) is 12.6 Å². The van der Waals surface area contributed by atoms with Gasteiger partial charge in [-0.3, -0.25) is 4.79 Å². The molecule has 0 radical (unpaired) electrons. The molecule has 4 heteroatoms. The molecule has 1 aliphatic carbocycles. The minimum absolute atomic E-state index is 0.0188. The smallest absolute Gasteiger partial charge is 0.244 e. The molecule has 26 heavy (non-hydrogen) atoms. The van der Waals surface area contributed by atoms with Gasteiger partial charge in [-0.2, -0.15) is 0 Å². The largest absolute Gasteiger partial charge is 0.493 e. The van der Waals surface area contributed by atoms with E-state index in [2.05, 4.69) is 18.3 Å². The van der Waals surface area contributed by atoms with Gasteiger partial charge in [-0.15, -0.1) is 0 Å². The maximum atomic E-state index is 12.4. The normalized spacial score (nSPS) is 15.7. The van der Waals surface area contributed by atoms with Crippen LogP contribution in [0.3, 0.4) is 0 Å². The average molecular weight is 355 g/mol. The van der Waals surface area contributed by atoms with Gasteiger partial charge in [0.2, 0.25) is 5.91 Å². The minimum atomic E-state index is -0.0188. The summed E-state index contributed by atoms with van der Waals surface area (Å²) < 4.78 is 11.9. The molecule has 0 bridgehead atoms. The lowest BCUT2D eigenvalue weighted by Crippen LogP contribution is -2.31. The lowest BCUT2D eigenvalue weighted by atomic mass is 9.98. The van der Waals surface area contributed by atoms with E-state index < -0.39 is 0 Å². The van der Waals surface area contributed by atoms with Crippen LogP contribution in [0.1, 0.15) is 62.0 Å². The number of furan rings is 1. The molecule has 1 aromatic heterocycles. The second-order valence-corrected chi connectivity index (χ2v) is 7.29. The third kappa shape index (κ3) is 3.50. The van der Waals surface area contributed by atoms with Crippen LogP contribution in [-0.2, 0) is 4.79 Å². The molecule has 3 rings (SSSR count). The van der Waals surface area contributed by atoms with Crippen LogP contribution in [0.2, 0.25) is 0 Å². The van der Waals surface area contributed by atoms with Crippen LogP contribution in [0.25, 0.3) is 16.5 Å². The monoisotopic (exact) mass is 355 g/mol. The highest BCUT2D eigenvalue weighted by Gasteiger charge is 2.20. The maximum Gasteiger partial charge on any atom is 0.244 e. The Morgan fingerprint density at radius 2 is 1.96 bits per heavy atom. The van der Waals surface area contributed by atoms with Gasteiger partial charge in [-0.1, -0.05) is 12.8 Å². The summed E-state index contributed by atoms with van der Waals surface area (Å²) in [6.07, 6.45) is 6.28. The molecule has 1 aliphatic rings. The molecular weight excluding hydrogens is 326 g/mol. The van der Waals surface area contributed by atoms with Gasteiger partial charge in [0, 0.05) is 28.6 Å². The molecule has 2 aromatic rings. The van der Waals surface area contributed by atoms with E-state index >= 15 is 0 Å². The summed E-state index contributed by atoms with van der Waals surface area (Å²) in [5.74, 6) is 1.70. The van der Waals surface area contributed by atoms with Crippen molar-refractivity contribution in [2.75, 3.05) is 6.61 Å². The van der Waals surface area contributed by atoms with Crippen molar-refractivity contribution in [1.29, 1.82) is 0 Å². The summed E-state index contributed by atoms with van der Waals surface area (Å²) in [6, 6.07) is 2.41. The molecule has 1 amide bonds. The SMILES string of the molecule is CCOc1c(/C(C)=C/C(=O)NC2CCCC2)cc2c(C)c(C)oc2c1C. The molecule has 0 saturated heterocycles. The summed E-state index contributed by atoms with van der Waals surface area (Å²) in [4.78, 5) is 12.4. The van der Waals surface area contributed by atoms with Gasteiger partial charge < -0.3 is 14.5 Å². The number of carbonyl (C=O) groups is 1. The number of aryl methyl sites for hydroxylation is 3. The molecule has 4 nitrogen and oxygen atoms in total. The third-order valence-electron chi connectivity index (χ3n) is 5.41. The number of hydrogen-bond donors (Lipinski definition) is 1. The molecule has 140 valence electrons. The molecule has 1 saturated carbocycles. The van der Waals surface area contributed by atoms with E-state index in [1.54, 1.807) is 6.08 Å². The van der Waals surface area contributed by atoms with Crippen LogP contribution in [0.5, 0.6) is 5.75 Å². The van der Waals surface area contributed by atoms with Crippen LogP contribution in [-0.4, -0.2) is 18.6 Å². The van der Waals surface area contributed by atoms with Crippen molar-refractivity contribution in [2.24, 2.45) is 0 Å². The number of ether oxygens (including phenoxy) is 1. The summed E-state index contributed by atoms with van der Waals surface area (Å²) in [5.41, 5.74) is 4.86. The quantitative estimate of drug-likeness (QED) is 0.748. The van der Waals surface area contributed by atoms with Crippen molar-refractivity contribution in [2.45, 2.75) is 66.3 Å². The second-order valence-electron chi connectivity index (χ2n) is 7.29. The van der Waals surface area contributed by atoms with E-state index in [9.17, 15) is 4.79 Å². The van der Waals surface area contributed by atoms with E-state index in [1.807, 2.05) is 27.7 Å². The standard InChI is InChI=1S/C22H29NO3/c1-6-25-21-15(4)22-19(14(3)16(5)26-22)12-18(21)13(2)11-20(24)23-17-9-7-8-10-17/h11-12,17H,6-10H2,1-5H3,(H,23,24)/b13-11+. The van der Waals surface area contributed by atoms with E-state index in [4.69, 9.17) is 9.15 Å². The first-order valence-electron chi connectivity index (χ1n) is 9.57. The number of benzene rings is 1. The number of amides is 1. The van der Waals surface area contributed by atoms with E-state index in [0.717, 1.165) is 57.6 Å². The van der Waals surface area contributed by atoms with Crippen molar-refractivity contribution in [3.8, 4) is 5.75 Å². The van der Waals surface area contributed by atoms with Crippen molar-refractivity contribution in [1.82, 2.24) is 5.32 Å². The molecule has 0 atom stereocenters. The predicted molar refractivity (Wildman–Crippen MR) is 106 cm³/mol. The molecule has 1 fully saturated rings. The first-order valence-corrected chi connectivity index (χ1v) is 9.57. The average Bonchev–Trinajstić information content (AvgIpc) is 3.19. The Hall–Kier alpha value is -2.23. The number of nitrogens with one attached hydrogen (secondary N) is 1. The highest BCUT2D eigenvalue weighted by Crippen LogP contribution is 2.38. The molecule has 1 heterocycles. The molecule has 1 N–H and O–H groups in total. The predicted octanol–water partition coefficient (Wildman–Crippen LogP) is 5.22. The van der Waals surface area contributed by atoms with Gasteiger partial charge in [-0.05, 0) is 64.7 Å². The molecule has 0 aliphatic heterocycles. The Labute approximate surface area is 155 Å². The fourth-order valence-electron chi connectivity index (χ4n) is 3.82. The Morgan fingerprint density at radius 1 is 1.27 bits per heavy atom. The third-order valence-corrected chi connectivity index (χ3v) is 5.41. The number of fused-ring (bicyclic) bond motifs is 1. The summed E-state index contributed by atoms with van der Waals surface area (Å²) in [7, 11) is 0. The number of rotatable bonds is 5. The lowest BCUT2D eigenvalue weighted by molar-refractivity contribution is -0.117. The van der Waals surface area contributed by atoms with Gasteiger partial charge in [0.05, 0.1) is 6.61 Å². The fraction of sp³-hybridized carbons (Fsp3) is 0.500. The number of allylic oxidation sites excluding steroid dienone is 1. The Bertz CT molecular complexity index is 854. The first kappa shape index (κ1) is 18.6. The van der Waals surface area contributed by atoms with E-state index in [-0.39, 0.29) is 5.91 Å². The Kier molecular flexibility index (Phi) is 5.40. The molecule has 0 unspecified atom stereocenters. The zero-order chi connectivity index (χ0) is 18.8.